The fourth-order valence-corrected chi connectivity index (χ4v) is 3.42. The zero-order valence-corrected chi connectivity index (χ0v) is 16.7. The summed E-state index contributed by atoms with van der Waals surface area (Å²) in [7, 11) is 0. The number of carbonyl (C=O) groups is 2. The molecule has 2 aromatic carbocycles. The fraction of sp³-hybridized carbons (Fsp3) is 0.391. The van der Waals surface area contributed by atoms with E-state index in [1.165, 1.54) is 5.56 Å². The molecular formula is C23H29N3O3. The molecule has 1 aliphatic rings. The number of hydrogen-bond acceptors (Lipinski definition) is 4. The Bertz CT molecular complexity index is 767. The van der Waals surface area contributed by atoms with Gasteiger partial charge in [0, 0.05) is 26.2 Å². The second-order valence-electron chi connectivity index (χ2n) is 7.20. The van der Waals surface area contributed by atoms with Crippen LogP contribution in [0.25, 0.3) is 0 Å². The largest absolute Gasteiger partial charge is 0.445 e. The maximum absolute atomic E-state index is 12.7. The van der Waals surface area contributed by atoms with Crippen molar-refractivity contribution in [3.05, 3.63) is 71.8 Å². The molecule has 6 nitrogen and oxygen atoms in total. The predicted molar refractivity (Wildman–Crippen MR) is 112 cm³/mol. The van der Waals surface area contributed by atoms with Crippen LogP contribution < -0.4 is 10.6 Å². The minimum Gasteiger partial charge on any atom is -0.445 e. The highest BCUT2D eigenvalue weighted by molar-refractivity contribution is 5.82. The molecule has 0 saturated carbocycles. The van der Waals surface area contributed by atoms with Crippen molar-refractivity contribution in [2.45, 2.75) is 31.9 Å². The van der Waals surface area contributed by atoms with E-state index in [9.17, 15) is 9.59 Å². The fourth-order valence-electron chi connectivity index (χ4n) is 3.42. The van der Waals surface area contributed by atoms with Crippen molar-refractivity contribution in [2.75, 3.05) is 26.2 Å². The van der Waals surface area contributed by atoms with Crippen molar-refractivity contribution in [1.82, 2.24) is 15.5 Å². The van der Waals surface area contributed by atoms with Gasteiger partial charge in [0.15, 0.2) is 0 Å². The van der Waals surface area contributed by atoms with Crippen LogP contribution in [0.15, 0.2) is 60.7 Å². The van der Waals surface area contributed by atoms with Crippen molar-refractivity contribution in [2.24, 2.45) is 0 Å². The van der Waals surface area contributed by atoms with Gasteiger partial charge >= 0.3 is 6.09 Å². The zero-order chi connectivity index (χ0) is 20.3. The molecule has 0 spiro atoms. The Hall–Kier alpha value is -2.86. The minimum atomic E-state index is -0.429. The van der Waals surface area contributed by atoms with Crippen LogP contribution in [0, 0.1) is 0 Å². The summed E-state index contributed by atoms with van der Waals surface area (Å²) in [4.78, 5) is 26.4. The van der Waals surface area contributed by atoms with Gasteiger partial charge < -0.3 is 20.3 Å². The van der Waals surface area contributed by atoms with Gasteiger partial charge in [-0.25, -0.2) is 4.79 Å². The van der Waals surface area contributed by atoms with Crippen LogP contribution in [0.2, 0.25) is 0 Å². The van der Waals surface area contributed by atoms with Crippen LogP contribution in [-0.2, 0) is 22.6 Å². The number of nitrogens with one attached hydrogen (secondary N) is 2. The van der Waals surface area contributed by atoms with Gasteiger partial charge in [-0.1, -0.05) is 60.7 Å². The summed E-state index contributed by atoms with van der Waals surface area (Å²) in [5.74, 6) is 0.152. The van der Waals surface area contributed by atoms with E-state index in [2.05, 4.69) is 22.8 Å². The van der Waals surface area contributed by atoms with Crippen LogP contribution in [0.5, 0.6) is 0 Å². The van der Waals surface area contributed by atoms with Crippen molar-refractivity contribution in [3.63, 3.8) is 0 Å². The average molecular weight is 396 g/mol. The first-order valence-corrected chi connectivity index (χ1v) is 10.2. The number of carbonyl (C=O) groups excluding carboxylic acids is 2. The van der Waals surface area contributed by atoms with Gasteiger partial charge in [-0.3, -0.25) is 4.79 Å². The monoisotopic (exact) mass is 395 g/mol. The summed E-state index contributed by atoms with van der Waals surface area (Å²) in [5, 5.41) is 6.05. The summed E-state index contributed by atoms with van der Waals surface area (Å²) < 4.78 is 5.19. The first-order valence-electron chi connectivity index (χ1n) is 10.2. The number of alkyl carbamates (subject to hydrolysis) is 1. The van der Waals surface area contributed by atoms with E-state index < -0.39 is 6.09 Å². The number of hydrogen-bond donors (Lipinski definition) is 2. The molecule has 2 N–H and O–H groups in total. The highest BCUT2D eigenvalue weighted by Gasteiger charge is 2.27. The Balaban J connectivity index is 1.32. The lowest BCUT2D eigenvalue weighted by molar-refractivity contribution is -0.135. The highest BCUT2D eigenvalue weighted by atomic mass is 16.5. The zero-order valence-electron chi connectivity index (χ0n) is 16.7. The number of amides is 2. The number of rotatable bonds is 9. The van der Waals surface area contributed by atoms with E-state index in [0.717, 1.165) is 38.0 Å². The van der Waals surface area contributed by atoms with E-state index in [-0.39, 0.29) is 18.6 Å². The molecule has 1 atom stereocenters. The van der Waals surface area contributed by atoms with Crippen LogP contribution in [0.4, 0.5) is 4.79 Å². The van der Waals surface area contributed by atoms with Gasteiger partial charge in [0.2, 0.25) is 5.91 Å². The molecule has 1 unspecified atom stereocenters. The van der Waals surface area contributed by atoms with Crippen LogP contribution >= 0.6 is 0 Å². The standard InChI is InChI=1S/C23H29N3O3/c27-22-21(24-15-17-26(22)16-13-19-8-3-1-4-9-19)12-7-14-25-23(28)29-18-20-10-5-2-6-11-20/h1-6,8-11,21,24H,7,12-18H2,(H,25,28). The Labute approximate surface area is 172 Å². The van der Waals surface area contributed by atoms with Crippen molar-refractivity contribution in [1.29, 1.82) is 0 Å². The van der Waals surface area contributed by atoms with Crippen LogP contribution in [0.3, 0.4) is 0 Å². The molecule has 1 saturated heterocycles. The molecule has 1 aliphatic heterocycles. The predicted octanol–water partition coefficient (Wildman–Crippen LogP) is 2.74. The molecule has 0 bridgehead atoms. The normalized spacial score (nSPS) is 16.5. The maximum Gasteiger partial charge on any atom is 0.407 e. The molecule has 0 aliphatic carbocycles. The van der Waals surface area contributed by atoms with E-state index in [1.807, 2.05) is 53.4 Å². The number of piperazine rings is 1. The maximum atomic E-state index is 12.7. The molecule has 2 aromatic rings. The van der Waals surface area contributed by atoms with Gasteiger partial charge in [-0.05, 0) is 30.4 Å². The summed E-state index contributed by atoms with van der Waals surface area (Å²) in [5.41, 5.74) is 2.20. The first kappa shape index (κ1) is 20.9. The summed E-state index contributed by atoms with van der Waals surface area (Å²) >= 11 is 0. The SMILES string of the molecule is O=C(NCCCC1NCCN(CCc2ccccc2)C1=O)OCc1ccccc1. The van der Waals surface area contributed by atoms with Crippen molar-refractivity contribution < 1.29 is 14.3 Å². The Morgan fingerprint density at radius 1 is 1.07 bits per heavy atom. The molecule has 0 radical (unpaired) electrons. The van der Waals surface area contributed by atoms with Gasteiger partial charge in [0.05, 0.1) is 6.04 Å². The van der Waals surface area contributed by atoms with E-state index in [0.29, 0.717) is 13.0 Å². The van der Waals surface area contributed by atoms with Gasteiger partial charge in [0.1, 0.15) is 6.61 Å². The van der Waals surface area contributed by atoms with E-state index in [1.54, 1.807) is 0 Å². The average Bonchev–Trinajstić information content (AvgIpc) is 2.77. The molecule has 0 aromatic heterocycles. The first-order chi connectivity index (χ1) is 14.2. The topological polar surface area (TPSA) is 70.7 Å². The second kappa shape index (κ2) is 11.2. The molecule has 2 amide bonds. The van der Waals surface area contributed by atoms with Crippen molar-refractivity contribution in [3.8, 4) is 0 Å². The lowest BCUT2D eigenvalue weighted by Crippen LogP contribution is -2.55. The summed E-state index contributed by atoms with van der Waals surface area (Å²) in [6.07, 6.45) is 1.85. The molecular weight excluding hydrogens is 366 g/mol. The van der Waals surface area contributed by atoms with Gasteiger partial charge in [-0.2, -0.15) is 0 Å². The van der Waals surface area contributed by atoms with Gasteiger partial charge in [0.25, 0.3) is 0 Å². The van der Waals surface area contributed by atoms with Gasteiger partial charge in [-0.15, -0.1) is 0 Å². The third-order valence-corrected chi connectivity index (χ3v) is 5.05. The Kier molecular flexibility index (Phi) is 8.07. The number of benzene rings is 2. The van der Waals surface area contributed by atoms with Crippen molar-refractivity contribution >= 4 is 12.0 Å². The third-order valence-electron chi connectivity index (χ3n) is 5.05. The Morgan fingerprint density at radius 2 is 1.76 bits per heavy atom. The number of nitrogens with zero attached hydrogens (tertiary/aromatic N) is 1. The third kappa shape index (κ3) is 6.91. The molecule has 3 rings (SSSR count). The van der Waals surface area contributed by atoms with Crippen LogP contribution in [-0.4, -0.2) is 49.1 Å². The smallest absolute Gasteiger partial charge is 0.407 e. The molecule has 29 heavy (non-hydrogen) atoms. The Morgan fingerprint density at radius 3 is 2.48 bits per heavy atom. The summed E-state index contributed by atoms with van der Waals surface area (Å²) in [6, 6.07) is 19.6. The molecule has 1 fully saturated rings. The van der Waals surface area contributed by atoms with E-state index >= 15 is 0 Å². The van der Waals surface area contributed by atoms with E-state index in [4.69, 9.17) is 4.74 Å². The molecule has 6 heteroatoms. The molecule has 1 heterocycles. The lowest BCUT2D eigenvalue weighted by Gasteiger charge is -2.33. The highest BCUT2D eigenvalue weighted by Crippen LogP contribution is 2.09. The summed E-state index contributed by atoms with van der Waals surface area (Å²) in [6.45, 7) is 3.03. The number of ether oxygens (including phenoxy) is 1. The van der Waals surface area contributed by atoms with Crippen LogP contribution in [0.1, 0.15) is 24.0 Å². The lowest BCUT2D eigenvalue weighted by atomic mass is 10.1. The molecule has 154 valence electrons. The minimum absolute atomic E-state index is 0.152. The quantitative estimate of drug-likeness (QED) is 0.641. The second-order valence-corrected chi connectivity index (χ2v) is 7.20.